The minimum absolute atomic E-state index is 0.345. The molecule has 2 aromatic carbocycles. The van der Waals surface area contributed by atoms with E-state index in [0.29, 0.717) is 16.1 Å². The predicted octanol–water partition coefficient (Wildman–Crippen LogP) is 4.95. The highest BCUT2D eigenvalue weighted by atomic mass is 32.2. The molecule has 2 aromatic rings. The van der Waals surface area contributed by atoms with Crippen molar-refractivity contribution in [1.29, 1.82) is 0 Å². The van der Waals surface area contributed by atoms with Gasteiger partial charge in [-0.05, 0) is 10.9 Å². The summed E-state index contributed by atoms with van der Waals surface area (Å²) in [5.41, 5.74) is 2.84. The van der Waals surface area contributed by atoms with E-state index in [2.05, 4.69) is 73.2 Å². The molecule has 0 amide bonds. The van der Waals surface area contributed by atoms with Crippen LogP contribution in [0.4, 0.5) is 17.3 Å². The van der Waals surface area contributed by atoms with Crippen molar-refractivity contribution < 1.29 is 17.3 Å². The summed E-state index contributed by atoms with van der Waals surface area (Å²) in [6.45, 7) is 0. The first-order valence-electron chi connectivity index (χ1n) is 6.32. The van der Waals surface area contributed by atoms with Crippen LogP contribution in [0.5, 0.6) is 0 Å². The maximum atomic E-state index is 9.75. The lowest BCUT2D eigenvalue weighted by atomic mass is 10.0. The minimum atomic E-state index is -6.00. The molecular weight excluding hydrogens is 299 g/mol. The first kappa shape index (κ1) is 17.6. The van der Waals surface area contributed by atoms with Crippen molar-refractivity contribution >= 4 is 18.1 Å². The average Bonchev–Trinajstić information content (AvgIpc) is 2.39. The molecule has 6 heteroatoms. The highest BCUT2D eigenvalue weighted by Crippen LogP contribution is 2.29. The van der Waals surface area contributed by atoms with Crippen LogP contribution < -0.4 is 0 Å². The standard InChI is InChI=1S/C15H17S.BF4/c1-16(2)15(13-9-5-3-6-10-13)14-11-7-4-8-12-14;2-1(3,4)5/h3-12,15H,1-2H3;/q+1;-1. The van der Waals surface area contributed by atoms with Gasteiger partial charge in [0.25, 0.3) is 0 Å². The molecule has 0 spiro atoms. The van der Waals surface area contributed by atoms with E-state index >= 15 is 0 Å². The second-order valence-corrected chi connectivity index (χ2v) is 6.81. The molecule has 0 aliphatic carbocycles. The van der Waals surface area contributed by atoms with Crippen LogP contribution in [0.2, 0.25) is 0 Å². The van der Waals surface area contributed by atoms with Gasteiger partial charge < -0.3 is 17.3 Å². The summed E-state index contributed by atoms with van der Waals surface area (Å²) in [5, 5.41) is 0.530. The zero-order valence-corrected chi connectivity index (χ0v) is 12.7. The molecule has 0 atom stereocenters. The third-order valence-corrected chi connectivity index (χ3v) is 4.16. The zero-order valence-electron chi connectivity index (χ0n) is 11.8. The zero-order chi connectivity index (χ0) is 15.9. The Morgan fingerprint density at radius 3 is 1.24 bits per heavy atom. The average molecular weight is 316 g/mol. The van der Waals surface area contributed by atoms with Crippen LogP contribution in [0.25, 0.3) is 0 Å². The van der Waals surface area contributed by atoms with Crippen molar-refractivity contribution in [2.45, 2.75) is 5.25 Å². The lowest BCUT2D eigenvalue weighted by molar-refractivity contribution is 0.368. The van der Waals surface area contributed by atoms with Crippen LogP contribution in [0.15, 0.2) is 60.7 Å². The normalized spacial score (nSPS) is 11.2. The van der Waals surface area contributed by atoms with Crippen LogP contribution >= 0.6 is 0 Å². The van der Waals surface area contributed by atoms with E-state index in [1.807, 2.05) is 0 Å². The molecule has 0 heterocycles. The second-order valence-electron chi connectivity index (χ2n) is 4.58. The van der Waals surface area contributed by atoms with Gasteiger partial charge in [0.1, 0.15) is 0 Å². The van der Waals surface area contributed by atoms with Gasteiger partial charge in [-0.15, -0.1) is 0 Å². The Balaban J connectivity index is 0.000000383. The fourth-order valence-corrected chi connectivity index (χ4v) is 3.40. The van der Waals surface area contributed by atoms with Crippen molar-refractivity contribution in [3.8, 4) is 0 Å². The van der Waals surface area contributed by atoms with Gasteiger partial charge in [-0.1, -0.05) is 60.7 Å². The van der Waals surface area contributed by atoms with Gasteiger partial charge in [0, 0.05) is 11.1 Å². The first-order valence-corrected chi connectivity index (χ1v) is 8.43. The predicted molar refractivity (Wildman–Crippen MR) is 84.1 cm³/mol. The summed E-state index contributed by atoms with van der Waals surface area (Å²) in [4.78, 5) is 0. The topological polar surface area (TPSA) is 0 Å². The molecule has 0 aromatic heterocycles. The monoisotopic (exact) mass is 316 g/mol. The molecule has 0 aliphatic heterocycles. The molecule has 21 heavy (non-hydrogen) atoms. The van der Waals surface area contributed by atoms with Crippen LogP contribution in [-0.2, 0) is 10.9 Å². The van der Waals surface area contributed by atoms with Gasteiger partial charge in [0.05, 0.1) is 12.5 Å². The molecule has 114 valence electrons. The van der Waals surface area contributed by atoms with Crippen LogP contribution in [0.1, 0.15) is 16.4 Å². The van der Waals surface area contributed by atoms with E-state index in [-0.39, 0.29) is 0 Å². The maximum Gasteiger partial charge on any atom is 0.673 e. The van der Waals surface area contributed by atoms with Crippen molar-refractivity contribution in [2.24, 2.45) is 0 Å². The smallest absolute Gasteiger partial charge is 0.418 e. The van der Waals surface area contributed by atoms with Gasteiger partial charge in [-0.25, -0.2) is 0 Å². The summed E-state index contributed by atoms with van der Waals surface area (Å²) < 4.78 is 39.0. The molecule has 2 rings (SSSR count). The summed E-state index contributed by atoms with van der Waals surface area (Å²) in [5.74, 6) is 0. The van der Waals surface area contributed by atoms with Crippen molar-refractivity contribution in [3.63, 3.8) is 0 Å². The Labute approximate surface area is 125 Å². The number of benzene rings is 2. The number of hydrogen-bond acceptors (Lipinski definition) is 0. The van der Waals surface area contributed by atoms with Gasteiger partial charge in [0.2, 0.25) is 0 Å². The van der Waals surface area contributed by atoms with E-state index in [1.54, 1.807) is 0 Å². The summed E-state index contributed by atoms with van der Waals surface area (Å²) >= 11 is 0. The van der Waals surface area contributed by atoms with Crippen molar-refractivity contribution in [3.05, 3.63) is 71.8 Å². The van der Waals surface area contributed by atoms with Crippen LogP contribution in [0, 0.1) is 0 Å². The third kappa shape index (κ3) is 7.23. The van der Waals surface area contributed by atoms with Crippen molar-refractivity contribution in [1.82, 2.24) is 0 Å². The maximum absolute atomic E-state index is 9.75. The molecular formula is C15H17BF4S. The van der Waals surface area contributed by atoms with Gasteiger partial charge >= 0.3 is 7.25 Å². The Kier molecular flexibility index (Phi) is 6.82. The van der Waals surface area contributed by atoms with E-state index in [9.17, 15) is 17.3 Å². The quantitative estimate of drug-likeness (QED) is 0.427. The molecule has 0 nitrogen and oxygen atoms in total. The van der Waals surface area contributed by atoms with E-state index < -0.39 is 7.25 Å². The highest BCUT2D eigenvalue weighted by Gasteiger charge is 2.25. The summed E-state index contributed by atoms with van der Waals surface area (Å²) in [7, 11) is -5.66. The number of hydrogen-bond donors (Lipinski definition) is 0. The summed E-state index contributed by atoms with van der Waals surface area (Å²) in [6, 6.07) is 21.6. The Bertz CT molecular complexity index is 469. The van der Waals surface area contributed by atoms with Gasteiger partial charge in [-0.3, -0.25) is 0 Å². The number of halogens is 4. The van der Waals surface area contributed by atoms with Gasteiger partial charge in [0.15, 0.2) is 5.25 Å². The fraction of sp³-hybridized carbons (Fsp3) is 0.200. The van der Waals surface area contributed by atoms with E-state index in [1.165, 1.54) is 11.1 Å². The van der Waals surface area contributed by atoms with Crippen LogP contribution in [0.3, 0.4) is 0 Å². The lowest BCUT2D eigenvalue weighted by Gasteiger charge is -2.14. The highest BCUT2D eigenvalue weighted by molar-refractivity contribution is 7.95. The van der Waals surface area contributed by atoms with Crippen molar-refractivity contribution in [2.75, 3.05) is 12.5 Å². The van der Waals surface area contributed by atoms with E-state index in [0.717, 1.165) is 0 Å². The minimum Gasteiger partial charge on any atom is -0.418 e. The Morgan fingerprint density at radius 1 is 0.714 bits per heavy atom. The third-order valence-electron chi connectivity index (χ3n) is 2.68. The molecule has 0 bridgehead atoms. The SMILES string of the molecule is C[S+](C)C(c1ccccc1)c1ccccc1.F[B-](F)(F)F. The molecule has 0 fully saturated rings. The molecule has 0 saturated carbocycles. The molecule has 0 aliphatic rings. The fourth-order valence-electron chi connectivity index (χ4n) is 1.99. The summed E-state index contributed by atoms with van der Waals surface area (Å²) in [6.07, 6.45) is 4.62. The van der Waals surface area contributed by atoms with Crippen LogP contribution in [-0.4, -0.2) is 19.8 Å². The lowest BCUT2D eigenvalue weighted by Crippen LogP contribution is -2.11. The molecule has 0 radical (unpaired) electrons. The van der Waals surface area contributed by atoms with E-state index in [4.69, 9.17) is 0 Å². The molecule has 0 saturated heterocycles. The first-order chi connectivity index (χ1) is 9.79. The number of rotatable bonds is 3. The molecule has 0 unspecified atom stereocenters. The Hall–Kier alpha value is -1.43. The second kappa shape index (κ2) is 8.12. The molecule has 0 N–H and O–H groups in total. The largest absolute Gasteiger partial charge is 0.673 e. The Morgan fingerprint density at radius 2 is 1.00 bits per heavy atom. The van der Waals surface area contributed by atoms with Gasteiger partial charge in [-0.2, -0.15) is 0 Å².